The van der Waals surface area contributed by atoms with Crippen LogP contribution in [-0.4, -0.2) is 35.7 Å². The molecule has 0 spiro atoms. The molecule has 1 amide bonds. The van der Waals surface area contributed by atoms with Gasteiger partial charge in [0.1, 0.15) is 19.0 Å². The Bertz CT molecular complexity index is 1490. The van der Waals surface area contributed by atoms with Gasteiger partial charge in [-0.25, -0.2) is 4.98 Å². The van der Waals surface area contributed by atoms with Gasteiger partial charge < -0.3 is 19.1 Å². The largest absolute Gasteiger partial charge is 0.489 e. The van der Waals surface area contributed by atoms with Crippen molar-refractivity contribution in [2.75, 3.05) is 24.7 Å². The fourth-order valence-electron chi connectivity index (χ4n) is 5.65. The first-order chi connectivity index (χ1) is 22.0. The highest BCUT2D eigenvalue weighted by Crippen LogP contribution is 2.39. The van der Waals surface area contributed by atoms with Crippen molar-refractivity contribution in [3.63, 3.8) is 0 Å². The molecule has 1 aliphatic rings. The second kappa shape index (κ2) is 16.2. The Morgan fingerprint density at radius 3 is 2.49 bits per heavy atom. The Kier molecular flexibility index (Phi) is 11.6. The number of nitrogens with zero attached hydrogens (tertiary/aromatic N) is 3. The van der Waals surface area contributed by atoms with E-state index in [4.69, 9.17) is 19.2 Å². The number of ether oxygens (including phenoxy) is 3. The summed E-state index contributed by atoms with van der Waals surface area (Å²) < 4.78 is 17.6. The highest BCUT2D eigenvalue weighted by molar-refractivity contribution is 5.98. The number of carbonyl (C=O) groups is 1. The van der Waals surface area contributed by atoms with Gasteiger partial charge in [0.05, 0.1) is 31.0 Å². The van der Waals surface area contributed by atoms with Crippen LogP contribution in [0.4, 0.5) is 5.69 Å². The lowest BCUT2D eigenvalue weighted by Gasteiger charge is -2.32. The van der Waals surface area contributed by atoms with Crippen LogP contribution >= 0.6 is 0 Å². The average Bonchev–Trinajstić information content (AvgIpc) is 3.08. The first kappa shape index (κ1) is 32.2. The molecule has 2 heterocycles. The second-order valence-electron chi connectivity index (χ2n) is 11.9. The molecule has 0 radical (unpaired) electrons. The smallest absolute Gasteiger partial charge is 0.234 e. The molecule has 1 aliphatic carbocycles. The minimum Gasteiger partial charge on any atom is -0.489 e. The fraction of sp³-hybridized carbons (Fsp3) is 0.395. The van der Waals surface area contributed by atoms with Crippen LogP contribution in [0.3, 0.4) is 0 Å². The van der Waals surface area contributed by atoms with Crippen LogP contribution in [0.2, 0.25) is 0 Å². The summed E-state index contributed by atoms with van der Waals surface area (Å²) in [7, 11) is 0. The van der Waals surface area contributed by atoms with Crippen LogP contribution in [-0.2, 0) is 29.1 Å². The van der Waals surface area contributed by atoms with Gasteiger partial charge >= 0.3 is 0 Å². The second-order valence-corrected chi connectivity index (χ2v) is 11.9. The van der Waals surface area contributed by atoms with Crippen LogP contribution in [0.25, 0.3) is 0 Å². The maximum Gasteiger partial charge on any atom is 0.234 e. The quantitative estimate of drug-likeness (QED) is 0.127. The monoisotopic (exact) mass is 607 g/mol. The van der Waals surface area contributed by atoms with Crippen LogP contribution in [0.1, 0.15) is 86.2 Å². The predicted molar refractivity (Wildman–Crippen MR) is 178 cm³/mol. The Balaban J connectivity index is 1.34. The molecule has 7 heteroatoms. The van der Waals surface area contributed by atoms with Gasteiger partial charge in [-0.15, -0.1) is 0 Å². The van der Waals surface area contributed by atoms with Crippen molar-refractivity contribution in [2.45, 2.75) is 77.9 Å². The van der Waals surface area contributed by atoms with Gasteiger partial charge in [0, 0.05) is 24.6 Å². The molecule has 236 valence electrons. The molecule has 4 aromatic rings. The third-order valence-corrected chi connectivity index (χ3v) is 8.20. The Morgan fingerprint density at radius 1 is 0.889 bits per heavy atom. The van der Waals surface area contributed by atoms with E-state index in [1.807, 2.05) is 65.7 Å². The normalized spacial score (nSPS) is 14.2. The van der Waals surface area contributed by atoms with Crippen molar-refractivity contribution < 1.29 is 19.0 Å². The van der Waals surface area contributed by atoms with Crippen molar-refractivity contribution in [1.29, 1.82) is 0 Å². The molecule has 45 heavy (non-hydrogen) atoms. The Labute approximate surface area is 267 Å². The van der Waals surface area contributed by atoms with Crippen molar-refractivity contribution >= 4 is 11.6 Å². The number of fused-ring (bicyclic) bond motifs is 1. The minimum absolute atomic E-state index is 0.0554. The molecule has 0 saturated heterocycles. The number of aromatic nitrogens is 2. The highest BCUT2D eigenvalue weighted by atomic mass is 16.5. The zero-order valence-corrected chi connectivity index (χ0v) is 26.8. The Morgan fingerprint density at radius 2 is 1.76 bits per heavy atom. The third kappa shape index (κ3) is 8.70. The number of benzene rings is 2. The minimum atomic E-state index is -0.276. The molecular weight excluding hydrogens is 562 g/mol. The van der Waals surface area contributed by atoms with Gasteiger partial charge in [-0.2, -0.15) is 0 Å². The summed E-state index contributed by atoms with van der Waals surface area (Å²) in [5.41, 5.74) is 5.99. The van der Waals surface area contributed by atoms with Crippen molar-refractivity contribution in [3.05, 3.63) is 113 Å². The molecule has 0 aliphatic heterocycles. The summed E-state index contributed by atoms with van der Waals surface area (Å²) in [6, 6.07) is 24.1. The van der Waals surface area contributed by atoms with E-state index >= 15 is 0 Å². The predicted octanol–water partition coefficient (Wildman–Crippen LogP) is 8.03. The number of carbonyl (C=O) groups excluding carboxylic acids is 1. The molecule has 5 rings (SSSR count). The van der Waals surface area contributed by atoms with Crippen LogP contribution in [0.5, 0.6) is 11.6 Å². The summed E-state index contributed by atoms with van der Waals surface area (Å²) in [6.07, 6.45) is 8.36. The standard InChI is InChI=1S/C38H45N3O4/c1-4-5-21-43-22-23-44-37-20-17-30(24-40-37)26-41(31-18-19-35(28(2)3)39-25-31)38(42)34-15-9-14-33-32(34)13-10-16-36(33)45-27-29-11-7-6-8-12-29/h6-8,10-13,16-20,24-25,28,34H,4-5,9,14-15,21-23,26-27H2,1-3H3. The summed E-state index contributed by atoms with van der Waals surface area (Å²) >= 11 is 0. The van der Waals surface area contributed by atoms with E-state index < -0.39 is 0 Å². The van der Waals surface area contributed by atoms with Gasteiger partial charge in [0.2, 0.25) is 11.8 Å². The molecule has 1 atom stereocenters. The molecule has 2 aromatic heterocycles. The summed E-state index contributed by atoms with van der Waals surface area (Å²) in [6.45, 7) is 8.99. The molecule has 7 nitrogen and oxygen atoms in total. The zero-order chi connectivity index (χ0) is 31.4. The number of hydrogen-bond donors (Lipinski definition) is 0. The molecule has 0 fully saturated rings. The lowest BCUT2D eigenvalue weighted by atomic mass is 9.81. The average molecular weight is 608 g/mol. The number of amides is 1. The van der Waals surface area contributed by atoms with E-state index in [0.29, 0.717) is 38.2 Å². The first-order valence-corrected chi connectivity index (χ1v) is 16.2. The van der Waals surface area contributed by atoms with Gasteiger partial charge in [-0.1, -0.05) is 75.7 Å². The molecule has 0 saturated carbocycles. The van der Waals surface area contributed by atoms with Crippen molar-refractivity contribution in [1.82, 2.24) is 9.97 Å². The number of rotatable bonds is 15. The van der Waals surface area contributed by atoms with E-state index in [1.165, 1.54) is 0 Å². The van der Waals surface area contributed by atoms with Gasteiger partial charge in [-0.05, 0) is 72.1 Å². The first-order valence-electron chi connectivity index (χ1n) is 16.2. The van der Waals surface area contributed by atoms with E-state index in [2.05, 4.69) is 44.0 Å². The van der Waals surface area contributed by atoms with E-state index in [9.17, 15) is 4.79 Å². The lowest BCUT2D eigenvalue weighted by Crippen LogP contribution is -2.36. The summed E-state index contributed by atoms with van der Waals surface area (Å²) in [5.74, 6) is 1.49. The van der Waals surface area contributed by atoms with Gasteiger partial charge in [0.15, 0.2) is 0 Å². The molecule has 1 unspecified atom stereocenters. The van der Waals surface area contributed by atoms with E-state index in [0.717, 1.165) is 78.1 Å². The number of anilines is 1. The van der Waals surface area contributed by atoms with Crippen molar-refractivity contribution in [2.24, 2.45) is 0 Å². The topological polar surface area (TPSA) is 73.8 Å². The summed E-state index contributed by atoms with van der Waals surface area (Å²) in [5, 5.41) is 0. The number of unbranched alkanes of at least 4 members (excludes halogenated alkanes) is 1. The maximum absolute atomic E-state index is 14.5. The van der Waals surface area contributed by atoms with Crippen LogP contribution in [0, 0.1) is 0 Å². The third-order valence-electron chi connectivity index (χ3n) is 8.20. The Hall–Kier alpha value is -4.23. The summed E-state index contributed by atoms with van der Waals surface area (Å²) in [4.78, 5) is 25.6. The molecule has 0 bridgehead atoms. The zero-order valence-electron chi connectivity index (χ0n) is 26.8. The molecule has 2 aromatic carbocycles. The maximum atomic E-state index is 14.5. The van der Waals surface area contributed by atoms with Gasteiger partial charge in [0.25, 0.3) is 0 Å². The number of hydrogen-bond acceptors (Lipinski definition) is 6. The van der Waals surface area contributed by atoms with Crippen molar-refractivity contribution in [3.8, 4) is 11.6 Å². The van der Waals surface area contributed by atoms with Crippen LogP contribution < -0.4 is 14.4 Å². The van der Waals surface area contributed by atoms with Crippen LogP contribution in [0.15, 0.2) is 85.2 Å². The van der Waals surface area contributed by atoms with E-state index in [-0.39, 0.29) is 11.8 Å². The molecular formula is C38H45N3O4. The number of pyridine rings is 2. The molecule has 0 N–H and O–H groups in total. The fourth-order valence-corrected chi connectivity index (χ4v) is 5.65. The highest BCUT2D eigenvalue weighted by Gasteiger charge is 2.32. The van der Waals surface area contributed by atoms with Gasteiger partial charge in [-0.3, -0.25) is 9.78 Å². The lowest BCUT2D eigenvalue weighted by molar-refractivity contribution is -0.120. The SMILES string of the molecule is CCCCOCCOc1ccc(CN(C(=O)C2CCCc3c(OCc4ccccc4)cccc32)c2ccc(C(C)C)nc2)cn1. The van der Waals surface area contributed by atoms with E-state index in [1.54, 1.807) is 6.20 Å².